The predicted molar refractivity (Wildman–Crippen MR) is 106 cm³/mol. The molecule has 1 aromatic carbocycles. The van der Waals surface area contributed by atoms with Crippen LogP contribution in [0, 0.1) is 17.0 Å². The third-order valence-electron chi connectivity index (χ3n) is 4.21. The summed E-state index contributed by atoms with van der Waals surface area (Å²) in [6.07, 6.45) is 3.87. The minimum Gasteiger partial charge on any atom is -0.496 e. The van der Waals surface area contributed by atoms with Crippen molar-refractivity contribution >= 4 is 17.8 Å². The SMILES string of the molecule is COc1ccc(/C=N\NC(=O)c2ccc(Cn3cc([N+](=O)[O-])cn3)o2)c(OC)c1C. The summed E-state index contributed by atoms with van der Waals surface area (Å²) in [4.78, 5) is 22.4. The first-order valence-electron chi connectivity index (χ1n) is 8.73. The molecule has 1 amide bonds. The Labute approximate surface area is 171 Å². The monoisotopic (exact) mass is 413 g/mol. The highest BCUT2D eigenvalue weighted by molar-refractivity contribution is 5.93. The number of nitro groups is 1. The molecule has 3 rings (SSSR count). The zero-order chi connectivity index (χ0) is 21.7. The van der Waals surface area contributed by atoms with Crippen LogP contribution in [0.15, 0.2) is 46.2 Å². The van der Waals surface area contributed by atoms with Gasteiger partial charge in [0.15, 0.2) is 5.76 Å². The lowest BCUT2D eigenvalue weighted by molar-refractivity contribution is -0.385. The fraction of sp³-hybridized carbons (Fsp3) is 0.211. The Bertz CT molecular complexity index is 1100. The average molecular weight is 413 g/mol. The second kappa shape index (κ2) is 8.90. The number of aromatic nitrogens is 2. The van der Waals surface area contributed by atoms with Gasteiger partial charge in [-0.1, -0.05) is 0 Å². The largest absolute Gasteiger partial charge is 0.496 e. The van der Waals surface area contributed by atoms with Gasteiger partial charge in [-0.05, 0) is 31.2 Å². The summed E-state index contributed by atoms with van der Waals surface area (Å²) < 4.78 is 17.4. The van der Waals surface area contributed by atoms with Crippen LogP contribution in [0.2, 0.25) is 0 Å². The van der Waals surface area contributed by atoms with Gasteiger partial charge >= 0.3 is 11.6 Å². The third-order valence-corrected chi connectivity index (χ3v) is 4.21. The van der Waals surface area contributed by atoms with E-state index in [9.17, 15) is 14.9 Å². The van der Waals surface area contributed by atoms with Crippen molar-refractivity contribution in [1.29, 1.82) is 0 Å². The topological polar surface area (TPSA) is 134 Å². The zero-order valence-corrected chi connectivity index (χ0v) is 16.5. The number of hydrogen-bond acceptors (Lipinski definition) is 8. The standard InChI is InChI=1S/C19H19N5O6/c1-12-16(28-2)6-4-13(18(12)29-3)8-20-22-19(25)17-7-5-15(30-17)11-23-10-14(9-21-23)24(26)27/h4-10H,11H2,1-3H3,(H,22,25)/b20-8-. The molecular weight excluding hydrogens is 394 g/mol. The number of amides is 1. The highest BCUT2D eigenvalue weighted by Crippen LogP contribution is 2.30. The summed E-state index contributed by atoms with van der Waals surface area (Å²) in [7, 11) is 3.11. The number of nitrogens with zero attached hydrogens (tertiary/aromatic N) is 4. The predicted octanol–water partition coefficient (Wildman–Crippen LogP) is 2.52. The van der Waals surface area contributed by atoms with Crippen molar-refractivity contribution in [2.24, 2.45) is 5.10 Å². The summed E-state index contributed by atoms with van der Waals surface area (Å²) in [6.45, 7) is 2.00. The molecule has 0 spiro atoms. The molecular formula is C19H19N5O6. The number of methoxy groups -OCH3 is 2. The first kappa shape index (κ1) is 20.6. The number of carbonyl (C=O) groups excluding carboxylic acids is 1. The maximum absolute atomic E-state index is 12.2. The fourth-order valence-corrected chi connectivity index (χ4v) is 2.78. The molecule has 0 unspecified atom stereocenters. The van der Waals surface area contributed by atoms with Gasteiger partial charge in [0.05, 0.1) is 31.9 Å². The smallest absolute Gasteiger partial charge is 0.307 e. The quantitative estimate of drug-likeness (QED) is 0.341. The number of furan rings is 1. The van der Waals surface area contributed by atoms with E-state index in [4.69, 9.17) is 13.9 Å². The summed E-state index contributed by atoms with van der Waals surface area (Å²) in [5.74, 6) is 1.17. The maximum Gasteiger partial charge on any atom is 0.307 e. The molecule has 3 aromatic rings. The van der Waals surface area contributed by atoms with Crippen LogP contribution in [0.5, 0.6) is 11.5 Å². The van der Waals surface area contributed by atoms with Crippen LogP contribution >= 0.6 is 0 Å². The van der Waals surface area contributed by atoms with Crippen molar-refractivity contribution in [2.45, 2.75) is 13.5 Å². The van der Waals surface area contributed by atoms with Crippen LogP contribution in [0.25, 0.3) is 0 Å². The van der Waals surface area contributed by atoms with Crippen LogP contribution in [0.3, 0.4) is 0 Å². The lowest BCUT2D eigenvalue weighted by Gasteiger charge is -2.11. The van der Waals surface area contributed by atoms with E-state index < -0.39 is 10.8 Å². The summed E-state index contributed by atoms with van der Waals surface area (Å²) in [5, 5.41) is 18.5. The zero-order valence-electron chi connectivity index (χ0n) is 16.5. The lowest BCUT2D eigenvalue weighted by atomic mass is 10.1. The van der Waals surface area contributed by atoms with E-state index in [1.165, 1.54) is 30.3 Å². The first-order chi connectivity index (χ1) is 14.4. The molecule has 0 atom stereocenters. The molecule has 0 saturated heterocycles. The fourth-order valence-electron chi connectivity index (χ4n) is 2.78. The maximum atomic E-state index is 12.2. The third kappa shape index (κ3) is 4.46. The second-order valence-electron chi connectivity index (χ2n) is 6.13. The highest BCUT2D eigenvalue weighted by Gasteiger charge is 2.14. The average Bonchev–Trinajstić information content (AvgIpc) is 3.38. The molecule has 11 heteroatoms. The Kier molecular flexibility index (Phi) is 6.11. The first-order valence-corrected chi connectivity index (χ1v) is 8.73. The van der Waals surface area contributed by atoms with Crippen molar-refractivity contribution in [3.05, 3.63) is 69.4 Å². The van der Waals surface area contributed by atoms with Gasteiger partial charge in [-0.15, -0.1) is 0 Å². The van der Waals surface area contributed by atoms with Crippen molar-refractivity contribution in [2.75, 3.05) is 14.2 Å². The summed E-state index contributed by atoms with van der Waals surface area (Å²) in [6, 6.07) is 6.60. The summed E-state index contributed by atoms with van der Waals surface area (Å²) in [5.41, 5.74) is 3.73. The van der Waals surface area contributed by atoms with Crippen LogP contribution in [0.1, 0.15) is 27.4 Å². The van der Waals surface area contributed by atoms with E-state index in [0.29, 0.717) is 22.8 Å². The van der Waals surface area contributed by atoms with Crippen molar-refractivity contribution < 1.29 is 23.6 Å². The van der Waals surface area contributed by atoms with Crippen molar-refractivity contribution in [3.63, 3.8) is 0 Å². The molecule has 0 radical (unpaired) electrons. The number of carbonyl (C=O) groups is 1. The molecule has 2 heterocycles. The van der Waals surface area contributed by atoms with Crippen LogP contribution in [0.4, 0.5) is 5.69 Å². The lowest BCUT2D eigenvalue weighted by Crippen LogP contribution is -2.17. The molecule has 2 aromatic heterocycles. The molecule has 0 aliphatic carbocycles. The molecule has 1 N–H and O–H groups in total. The molecule has 0 bridgehead atoms. The molecule has 0 aliphatic rings. The second-order valence-corrected chi connectivity index (χ2v) is 6.13. The number of nitrogens with one attached hydrogen (secondary N) is 1. The van der Waals surface area contributed by atoms with E-state index in [2.05, 4.69) is 15.6 Å². The summed E-state index contributed by atoms with van der Waals surface area (Å²) >= 11 is 0. The number of hydrogen-bond donors (Lipinski definition) is 1. The van der Waals surface area contributed by atoms with Gasteiger partial charge in [0.25, 0.3) is 0 Å². The van der Waals surface area contributed by atoms with Gasteiger partial charge in [0.2, 0.25) is 0 Å². The number of rotatable bonds is 8. The van der Waals surface area contributed by atoms with Gasteiger partial charge in [0, 0.05) is 11.1 Å². The van der Waals surface area contributed by atoms with E-state index in [0.717, 1.165) is 11.8 Å². The highest BCUT2D eigenvalue weighted by atomic mass is 16.6. The Balaban J connectivity index is 1.64. The normalized spacial score (nSPS) is 10.9. The van der Waals surface area contributed by atoms with Crippen LogP contribution in [-0.2, 0) is 6.54 Å². The van der Waals surface area contributed by atoms with Gasteiger partial charge in [-0.3, -0.25) is 19.6 Å². The molecule has 11 nitrogen and oxygen atoms in total. The van der Waals surface area contributed by atoms with E-state index >= 15 is 0 Å². The molecule has 0 fully saturated rings. The van der Waals surface area contributed by atoms with Crippen LogP contribution in [-0.4, -0.2) is 41.0 Å². The van der Waals surface area contributed by atoms with Crippen molar-refractivity contribution in [1.82, 2.24) is 15.2 Å². The van der Waals surface area contributed by atoms with Gasteiger partial charge in [-0.2, -0.15) is 10.2 Å². The Morgan fingerprint density at radius 2 is 2.13 bits per heavy atom. The molecule has 156 valence electrons. The van der Waals surface area contributed by atoms with Crippen molar-refractivity contribution in [3.8, 4) is 11.5 Å². The number of benzene rings is 1. The molecule has 30 heavy (non-hydrogen) atoms. The Morgan fingerprint density at radius 1 is 1.33 bits per heavy atom. The van der Waals surface area contributed by atoms with E-state index in [1.54, 1.807) is 25.3 Å². The number of ether oxygens (including phenoxy) is 2. The van der Waals surface area contributed by atoms with Crippen LogP contribution < -0.4 is 14.9 Å². The van der Waals surface area contributed by atoms with E-state index in [1.807, 2.05) is 6.92 Å². The van der Waals surface area contributed by atoms with Gasteiger partial charge in [0.1, 0.15) is 29.7 Å². The molecule has 0 saturated carbocycles. The minimum atomic E-state index is -0.548. The Morgan fingerprint density at radius 3 is 2.80 bits per heavy atom. The van der Waals surface area contributed by atoms with Gasteiger partial charge in [-0.25, -0.2) is 5.43 Å². The molecule has 0 aliphatic heterocycles. The minimum absolute atomic E-state index is 0.0432. The Hall–Kier alpha value is -4.15. The van der Waals surface area contributed by atoms with E-state index in [-0.39, 0.29) is 18.0 Å². The number of hydrazone groups is 1. The van der Waals surface area contributed by atoms with Gasteiger partial charge < -0.3 is 13.9 Å².